The lowest BCUT2D eigenvalue weighted by atomic mass is 10.2. The summed E-state index contributed by atoms with van der Waals surface area (Å²) in [6.07, 6.45) is 0. The molecule has 0 aliphatic rings. The lowest BCUT2D eigenvalue weighted by Gasteiger charge is -2.06. The van der Waals surface area contributed by atoms with Crippen molar-refractivity contribution in [2.75, 3.05) is 5.75 Å². The summed E-state index contributed by atoms with van der Waals surface area (Å²) >= 11 is 4.51. The number of hydrogen-bond acceptors (Lipinski definition) is 7. The van der Waals surface area contributed by atoms with E-state index in [2.05, 4.69) is 20.5 Å². The molecule has 5 nitrogen and oxygen atoms in total. The van der Waals surface area contributed by atoms with Crippen molar-refractivity contribution >= 4 is 50.6 Å². The number of aromatic nitrogens is 3. The third-order valence-electron chi connectivity index (χ3n) is 3.89. The normalized spacial score (nSPS) is 11.1. The maximum atomic E-state index is 12.9. The minimum Gasteiger partial charge on any atom is -0.351 e. The van der Waals surface area contributed by atoms with Crippen LogP contribution in [0.5, 0.6) is 0 Å². The minimum atomic E-state index is -0.294. The summed E-state index contributed by atoms with van der Waals surface area (Å²) in [5.74, 6) is -0.212. The van der Waals surface area contributed by atoms with Crippen molar-refractivity contribution in [1.82, 2.24) is 20.5 Å². The van der Waals surface area contributed by atoms with Gasteiger partial charge in [-0.05, 0) is 36.1 Å². The number of benzene rings is 1. The smallest absolute Gasteiger partial charge is 0.230 e. The average molecular weight is 431 g/mol. The molecule has 0 fully saturated rings. The van der Waals surface area contributed by atoms with Gasteiger partial charge < -0.3 is 5.32 Å². The summed E-state index contributed by atoms with van der Waals surface area (Å²) < 4.78 is 13.9. The van der Waals surface area contributed by atoms with E-state index < -0.39 is 0 Å². The van der Waals surface area contributed by atoms with Crippen LogP contribution < -0.4 is 5.32 Å². The number of carbonyl (C=O) groups is 1. The maximum Gasteiger partial charge on any atom is 0.230 e. The van der Waals surface area contributed by atoms with Gasteiger partial charge in [0.1, 0.15) is 22.1 Å². The molecule has 0 bridgehead atoms. The number of thiophene rings is 1. The Labute approximate surface area is 173 Å². The molecule has 0 spiro atoms. The number of rotatable bonds is 6. The van der Waals surface area contributed by atoms with E-state index in [1.54, 1.807) is 34.8 Å². The third kappa shape index (κ3) is 4.21. The molecule has 142 valence electrons. The van der Waals surface area contributed by atoms with E-state index in [0.29, 0.717) is 11.6 Å². The topological polar surface area (TPSA) is 67.8 Å². The van der Waals surface area contributed by atoms with Crippen LogP contribution in [0, 0.1) is 12.7 Å². The summed E-state index contributed by atoms with van der Waals surface area (Å²) in [5, 5.41) is 15.1. The Hall–Kier alpha value is -2.36. The molecule has 3 heterocycles. The van der Waals surface area contributed by atoms with E-state index in [9.17, 15) is 9.18 Å². The number of aryl methyl sites for hydroxylation is 1. The molecule has 4 aromatic rings. The molecule has 0 atom stereocenters. The van der Waals surface area contributed by atoms with Gasteiger partial charge in [0.15, 0.2) is 0 Å². The predicted octanol–water partition coefficient (Wildman–Crippen LogP) is 4.67. The van der Waals surface area contributed by atoms with Crippen LogP contribution in [-0.4, -0.2) is 26.8 Å². The average Bonchev–Trinajstić information content (AvgIpc) is 3.35. The standard InChI is InChI=1S/C19H15FN4OS3/c1-11-22-17-18(28-11)16(14-3-2-8-26-14)23-24-19(17)27-10-15(25)21-9-12-4-6-13(20)7-5-12/h2-8H,9-10H2,1H3,(H,21,25). The fourth-order valence-electron chi connectivity index (χ4n) is 2.58. The van der Waals surface area contributed by atoms with Gasteiger partial charge in [-0.3, -0.25) is 4.79 Å². The highest BCUT2D eigenvalue weighted by Crippen LogP contribution is 2.36. The van der Waals surface area contributed by atoms with Gasteiger partial charge in [-0.1, -0.05) is 30.0 Å². The number of fused-ring (bicyclic) bond motifs is 1. The van der Waals surface area contributed by atoms with E-state index >= 15 is 0 Å². The lowest BCUT2D eigenvalue weighted by Crippen LogP contribution is -2.24. The van der Waals surface area contributed by atoms with E-state index in [4.69, 9.17) is 0 Å². The fraction of sp³-hybridized carbons (Fsp3) is 0.158. The molecule has 0 radical (unpaired) electrons. The van der Waals surface area contributed by atoms with E-state index in [1.807, 2.05) is 24.4 Å². The van der Waals surface area contributed by atoms with Crippen molar-refractivity contribution < 1.29 is 9.18 Å². The highest BCUT2D eigenvalue weighted by Gasteiger charge is 2.17. The molecule has 0 aliphatic heterocycles. The van der Waals surface area contributed by atoms with Crippen molar-refractivity contribution in [3.8, 4) is 10.6 Å². The summed E-state index contributed by atoms with van der Waals surface area (Å²) in [6, 6.07) is 10.1. The van der Waals surface area contributed by atoms with E-state index in [1.165, 1.54) is 23.9 Å². The SMILES string of the molecule is Cc1nc2c(SCC(=O)NCc3ccc(F)cc3)nnc(-c3cccs3)c2s1. The minimum absolute atomic E-state index is 0.126. The summed E-state index contributed by atoms with van der Waals surface area (Å²) in [5.41, 5.74) is 2.47. The van der Waals surface area contributed by atoms with E-state index in [-0.39, 0.29) is 17.5 Å². The Balaban J connectivity index is 1.45. The van der Waals surface area contributed by atoms with Crippen molar-refractivity contribution in [3.63, 3.8) is 0 Å². The number of halogens is 1. The molecule has 1 aromatic carbocycles. The Morgan fingerprint density at radius 3 is 2.79 bits per heavy atom. The number of nitrogens with zero attached hydrogens (tertiary/aromatic N) is 3. The molecule has 28 heavy (non-hydrogen) atoms. The van der Waals surface area contributed by atoms with Crippen molar-refractivity contribution in [2.24, 2.45) is 0 Å². The van der Waals surface area contributed by atoms with Crippen LogP contribution in [0.1, 0.15) is 10.6 Å². The molecule has 3 aromatic heterocycles. The Kier molecular flexibility index (Phi) is 5.65. The molecule has 9 heteroatoms. The van der Waals surface area contributed by atoms with Gasteiger partial charge in [0.05, 0.1) is 20.3 Å². The zero-order valence-corrected chi connectivity index (χ0v) is 17.3. The predicted molar refractivity (Wildman–Crippen MR) is 112 cm³/mol. The van der Waals surface area contributed by atoms with Gasteiger partial charge in [-0.15, -0.1) is 32.9 Å². The van der Waals surface area contributed by atoms with Crippen LogP contribution in [-0.2, 0) is 11.3 Å². The van der Waals surface area contributed by atoms with Gasteiger partial charge in [0, 0.05) is 6.54 Å². The first-order valence-electron chi connectivity index (χ1n) is 8.42. The monoisotopic (exact) mass is 430 g/mol. The quantitative estimate of drug-likeness (QED) is 0.450. The Morgan fingerprint density at radius 1 is 1.21 bits per heavy atom. The van der Waals surface area contributed by atoms with Gasteiger partial charge in [-0.25, -0.2) is 9.37 Å². The molecular weight excluding hydrogens is 415 g/mol. The zero-order valence-electron chi connectivity index (χ0n) is 14.8. The van der Waals surface area contributed by atoms with Crippen LogP contribution in [0.2, 0.25) is 0 Å². The van der Waals surface area contributed by atoms with Gasteiger partial charge in [-0.2, -0.15) is 0 Å². The second-order valence-corrected chi connectivity index (χ2v) is 9.05. The molecule has 0 saturated carbocycles. The van der Waals surface area contributed by atoms with Crippen molar-refractivity contribution in [3.05, 3.63) is 58.2 Å². The highest BCUT2D eigenvalue weighted by atomic mass is 32.2. The summed E-state index contributed by atoms with van der Waals surface area (Å²) in [7, 11) is 0. The lowest BCUT2D eigenvalue weighted by molar-refractivity contribution is -0.118. The number of amides is 1. The van der Waals surface area contributed by atoms with Crippen molar-refractivity contribution in [2.45, 2.75) is 18.5 Å². The number of nitrogens with one attached hydrogen (secondary N) is 1. The van der Waals surface area contributed by atoms with E-state index in [0.717, 1.165) is 31.4 Å². The van der Waals surface area contributed by atoms with Crippen LogP contribution in [0.15, 0.2) is 46.8 Å². The molecule has 0 unspecified atom stereocenters. The van der Waals surface area contributed by atoms with Crippen LogP contribution >= 0.6 is 34.4 Å². The largest absolute Gasteiger partial charge is 0.351 e. The molecule has 1 N–H and O–H groups in total. The molecule has 0 aliphatic carbocycles. The third-order valence-corrected chi connectivity index (χ3v) is 6.70. The maximum absolute atomic E-state index is 12.9. The number of thioether (sulfide) groups is 1. The first kappa shape index (κ1) is 19.0. The molecule has 1 amide bonds. The number of carbonyl (C=O) groups excluding carboxylic acids is 1. The second-order valence-electron chi connectivity index (χ2n) is 5.93. The van der Waals surface area contributed by atoms with Crippen molar-refractivity contribution in [1.29, 1.82) is 0 Å². The number of thiazole rings is 1. The fourth-order valence-corrected chi connectivity index (χ4v) is 5.10. The Morgan fingerprint density at radius 2 is 2.04 bits per heavy atom. The highest BCUT2D eigenvalue weighted by molar-refractivity contribution is 8.00. The van der Waals surface area contributed by atoms with Gasteiger partial charge in [0.25, 0.3) is 0 Å². The summed E-state index contributed by atoms with van der Waals surface area (Å²) in [4.78, 5) is 17.8. The molecular formula is C19H15FN4OS3. The van der Waals surface area contributed by atoms with Gasteiger partial charge in [0.2, 0.25) is 5.91 Å². The summed E-state index contributed by atoms with van der Waals surface area (Å²) in [6.45, 7) is 2.31. The Bertz CT molecular complexity index is 1110. The number of hydrogen-bond donors (Lipinski definition) is 1. The molecule has 4 rings (SSSR count). The van der Waals surface area contributed by atoms with Crippen LogP contribution in [0.3, 0.4) is 0 Å². The zero-order chi connectivity index (χ0) is 19.5. The second kappa shape index (κ2) is 8.34. The van der Waals surface area contributed by atoms with Crippen LogP contribution in [0.25, 0.3) is 20.8 Å². The van der Waals surface area contributed by atoms with Crippen LogP contribution in [0.4, 0.5) is 4.39 Å². The first-order valence-corrected chi connectivity index (χ1v) is 11.1. The molecule has 0 saturated heterocycles. The van der Waals surface area contributed by atoms with Gasteiger partial charge >= 0.3 is 0 Å². The first-order chi connectivity index (χ1) is 13.6.